The van der Waals surface area contributed by atoms with Gasteiger partial charge < -0.3 is 14.0 Å². The van der Waals surface area contributed by atoms with Crippen LogP contribution in [-0.2, 0) is 14.0 Å². The molecule has 1 saturated heterocycles. The third kappa shape index (κ3) is 3.51. The Bertz CT molecular complexity index is 611. The summed E-state index contributed by atoms with van der Waals surface area (Å²) < 4.78 is 18.4. The molecular formula is C16H24BNO5. The molecule has 1 aromatic rings. The molecule has 7 heteroatoms. The van der Waals surface area contributed by atoms with Gasteiger partial charge in [-0.2, -0.15) is 0 Å². The van der Waals surface area contributed by atoms with Crippen LogP contribution in [0.1, 0.15) is 59.0 Å². The molecule has 0 aliphatic carbocycles. The molecule has 1 fully saturated rings. The second-order valence-corrected chi connectivity index (χ2v) is 7.75. The van der Waals surface area contributed by atoms with Crippen LogP contribution in [0.25, 0.3) is 0 Å². The first-order chi connectivity index (χ1) is 10.4. The predicted octanol–water partition coefficient (Wildman–Crippen LogP) is 2.38. The number of hydrogen-bond donors (Lipinski definition) is 0. The van der Waals surface area contributed by atoms with E-state index in [2.05, 4.69) is 0 Å². The minimum Gasteiger partial charge on any atom is -0.443 e. The number of nitrogens with zero attached hydrogens (tertiary/aromatic N) is 1. The molecule has 23 heavy (non-hydrogen) atoms. The molecule has 0 aromatic carbocycles. The predicted molar refractivity (Wildman–Crippen MR) is 87.2 cm³/mol. The molecule has 0 saturated carbocycles. The maximum Gasteiger partial charge on any atom is 0.496 e. The van der Waals surface area contributed by atoms with Crippen LogP contribution in [0.5, 0.6) is 0 Å². The summed E-state index contributed by atoms with van der Waals surface area (Å²) in [6, 6.07) is 1.58. The van der Waals surface area contributed by atoms with Crippen molar-refractivity contribution >= 4 is 25.0 Å². The van der Waals surface area contributed by atoms with Crippen molar-refractivity contribution in [1.29, 1.82) is 0 Å². The zero-order valence-corrected chi connectivity index (χ0v) is 14.8. The minimum absolute atomic E-state index is 0.198. The fourth-order valence-corrected chi connectivity index (χ4v) is 2.17. The van der Waals surface area contributed by atoms with Gasteiger partial charge in [0.15, 0.2) is 6.29 Å². The fourth-order valence-electron chi connectivity index (χ4n) is 2.17. The summed E-state index contributed by atoms with van der Waals surface area (Å²) in [5, 5.41) is 0. The highest BCUT2D eigenvalue weighted by Gasteiger charge is 2.52. The Morgan fingerprint density at radius 3 is 2.17 bits per heavy atom. The van der Waals surface area contributed by atoms with Crippen molar-refractivity contribution in [3.63, 3.8) is 0 Å². The van der Waals surface area contributed by atoms with E-state index in [4.69, 9.17) is 14.0 Å². The Morgan fingerprint density at radius 1 is 1.22 bits per heavy atom. The summed E-state index contributed by atoms with van der Waals surface area (Å²) in [6.45, 7) is 13.1. The zero-order valence-electron chi connectivity index (χ0n) is 14.8. The summed E-state index contributed by atoms with van der Waals surface area (Å²) in [5.74, 6) is 0. The number of carbonyl (C=O) groups is 2. The van der Waals surface area contributed by atoms with E-state index in [-0.39, 0.29) is 5.69 Å². The molecule has 2 rings (SSSR count). The van der Waals surface area contributed by atoms with E-state index in [0.717, 1.165) is 0 Å². The smallest absolute Gasteiger partial charge is 0.443 e. The van der Waals surface area contributed by atoms with Crippen molar-refractivity contribution in [2.24, 2.45) is 0 Å². The van der Waals surface area contributed by atoms with Gasteiger partial charge in [0.05, 0.1) is 16.9 Å². The van der Waals surface area contributed by atoms with Gasteiger partial charge in [-0.1, -0.05) is 0 Å². The summed E-state index contributed by atoms with van der Waals surface area (Å²) in [5.41, 5.74) is -0.827. The van der Waals surface area contributed by atoms with Crippen LogP contribution in [0.2, 0.25) is 0 Å². The van der Waals surface area contributed by atoms with Gasteiger partial charge in [0.25, 0.3) is 0 Å². The molecule has 2 heterocycles. The summed E-state index contributed by atoms with van der Waals surface area (Å²) in [6.07, 6.45) is 1.53. The Labute approximate surface area is 137 Å². The van der Waals surface area contributed by atoms with Crippen molar-refractivity contribution in [3.05, 3.63) is 18.0 Å². The maximum absolute atomic E-state index is 12.2. The highest BCUT2D eigenvalue weighted by Crippen LogP contribution is 2.36. The Morgan fingerprint density at radius 2 is 1.74 bits per heavy atom. The van der Waals surface area contributed by atoms with E-state index in [0.29, 0.717) is 11.7 Å². The van der Waals surface area contributed by atoms with Gasteiger partial charge in [0.1, 0.15) is 5.60 Å². The molecule has 0 amide bonds. The van der Waals surface area contributed by atoms with Crippen molar-refractivity contribution in [1.82, 2.24) is 4.57 Å². The fraction of sp³-hybridized carbons (Fsp3) is 0.625. The van der Waals surface area contributed by atoms with Crippen LogP contribution >= 0.6 is 0 Å². The van der Waals surface area contributed by atoms with Crippen molar-refractivity contribution in [2.75, 3.05) is 0 Å². The molecule has 0 N–H and O–H groups in total. The highest BCUT2D eigenvalue weighted by molar-refractivity contribution is 6.62. The third-order valence-electron chi connectivity index (χ3n) is 4.11. The van der Waals surface area contributed by atoms with Crippen molar-refractivity contribution in [3.8, 4) is 0 Å². The summed E-state index contributed by atoms with van der Waals surface area (Å²) in [4.78, 5) is 23.5. The van der Waals surface area contributed by atoms with Crippen LogP contribution in [-0.4, -0.2) is 40.9 Å². The first kappa shape index (κ1) is 17.8. The standard InChI is InChI=1S/C16H24BNO5/c1-14(2,3)21-13(20)18-9-11(8-12(18)10-19)17-22-15(4,5)16(6,7)23-17/h8-10H,1-7H3. The lowest BCUT2D eigenvalue weighted by atomic mass is 9.81. The highest BCUT2D eigenvalue weighted by atomic mass is 16.7. The second kappa shape index (κ2) is 5.49. The van der Waals surface area contributed by atoms with Crippen LogP contribution < -0.4 is 5.46 Å². The lowest BCUT2D eigenvalue weighted by Crippen LogP contribution is -2.41. The van der Waals surface area contributed by atoms with Gasteiger partial charge in [-0.25, -0.2) is 4.79 Å². The number of rotatable bonds is 2. The largest absolute Gasteiger partial charge is 0.496 e. The number of ether oxygens (including phenoxy) is 1. The van der Waals surface area contributed by atoms with E-state index in [9.17, 15) is 9.59 Å². The van der Waals surface area contributed by atoms with Gasteiger partial charge >= 0.3 is 13.2 Å². The van der Waals surface area contributed by atoms with E-state index in [1.165, 1.54) is 10.8 Å². The van der Waals surface area contributed by atoms with Crippen LogP contribution in [0.15, 0.2) is 12.3 Å². The molecule has 1 aromatic heterocycles. The Balaban J connectivity index is 2.30. The quantitative estimate of drug-likeness (QED) is 0.618. The van der Waals surface area contributed by atoms with E-state index in [1.807, 2.05) is 27.7 Å². The number of aldehydes is 1. The Kier molecular flexibility index (Phi) is 4.24. The average molecular weight is 321 g/mol. The molecule has 0 spiro atoms. The van der Waals surface area contributed by atoms with Gasteiger partial charge in [-0.05, 0) is 54.5 Å². The summed E-state index contributed by atoms with van der Waals surface area (Å²) >= 11 is 0. The second-order valence-electron chi connectivity index (χ2n) is 7.75. The molecule has 0 atom stereocenters. The van der Waals surface area contributed by atoms with Crippen LogP contribution in [0.4, 0.5) is 4.79 Å². The van der Waals surface area contributed by atoms with Crippen LogP contribution in [0, 0.1) is 0 Å². The zero-order chi connectivity index (χ0) is 17.6. The first-order valence-electron chi connectivity index (χ1n) is 7.63. The van der Waals surface area contributed by atoms with Gasteiger partial charge in [-0.15, -0.1) is 0 Å². The number of carbonyl (C=O) groups excluding carboxylic acids is 2. The normalized spacial score (nSPS) is 19.7. The lowest BCUT2D eigenvalue weighted by molar-refractivity contribution is 0.00578. The van der Waals surface area contributed by atoms with E-state index in [1.54, 1.807) is 26.8 Å². The minimum atomic E-state index is -0.647. The van der Waals surface area contributed by atoms with Gasteiger partial charge in [0, 0.05) is 11.7 Å². The van der Waals surface area contributed by atoms with E-state index >= 15 is 0 Å². The Hall–Kier alpha value is -1.60. The molecular weight excluding hydrogens is 297 g/mol. The summed E-state index contributed by atoms with van der Waals surface area (Å²) in [7, 11) is -0.637. The lowest BCUT2D eigenvalue weighted by Gasteiger charge is -2.32. The van der Waals surface area contributed by atoms with Crippen LogP contribution in [0.3, 0.4) is 0 Å². The SMILES string of the molecule is CC(C)(C)OC(=O)n1cc(B2OC(C)(C)C(C)(C)O2)cc1C=O. The van der Waals surface area contributed by atoms with Gasteiger partial charge in [0.2, 0.25) is 0 Å². The molecule has 1 aliphatic heterocycles. The topological polar surface area (TPSA) is 66.8 Å². The molecule has 0 radical (unpaired) electrons. The molecule has 0 bridgehead atoms. The molecule has 0 unspecified atom stereocenters. The van der Waals surface area contributed by atoms with E-state index < -0.39 is 30.0 Å². The van der Waals surface area contributed by atoms with Crippen molar-refractivity contribution < 1.29 is 23.6 Å². The van der Waals surface area contributed by atoms with Gasteiger partial charge in [-0.3, -0.25) is 9.36 Å². The first-order valence-corrected chi connectivity index (χ1v) is 7.63. The monoisotopic (exact) mass is 321 g/mol. The molecule has 1 aliphatic rings. The number of aromatic nitrogens is 1. The molecule has 6 nitrogen and oxygen atoms in total. The average Bonchev–Trinajstić information content (AvgIpc) is 2.87. The van der Waals surface area contributed by atoms with Crippen molar-refractivity contribution in [2.45, 2.75) is 65.3 Å². The maximum atomic E-state index is 12.2. The molecule has 126 valence electrons. The number of hydrogen-bond acceptors (Lipinski definition) is 5. The third-order valence-corrected chi connectivity index (χ3v) is 4.11.